The van der Waals surface area contributed by atoms with Crippen LogP contribution < -0.4 is 19.6 Å². The van der Waals surface area contributed by atoms with Crippen molar-refractivity contribution in [1.29, 1.82) is 0 Å². The van der Waals surface area contributed by atoms with E-state index >= 15 is 0 Å². The van der Waals surface area contributed by atoms with E-state index in [0.29, 0.717) is 26.7 Å². The van der Waals surface area contributed by atoms with Crippen LogP contribution in [0.4, 0.5) is 0 Å². The van der Waals surface area contributed by atoms with E-state index in [9.17, 15) is 4.79 Å². The van der Waals surface area contributed by atoms with Gasteiger partial charge in [0.15, 0.2) is 4.80 Å². The molecule has 42 heavy (non-hydrogen) atoms. The maximum atomic E-state index is 14.0. The van der Waals surface area contributed by atoms with Gasteiger partial charge >= 0.3 is 0 Å². The number of hydrogen-bond acceptors (Lipinski definition) is 4. The lowest BCUT2D eigenvalue weighted by Gasteiger charge is -2.30. The Morgan fingerprint density at radius 3 is 2.45 bits per heavy atom. The van der Waals surface area contributed by atoms with Crippen molar-refractivity contribution in [1.82, 2.24) is 4.57 Å². The Labute approximate surface area is 268 Å². The van der Waals surface area contributed by atoms with E-state index in [1.165, 1.54) is 22.5 Å². The molecule has 7 rings (SSSR count). The van der Waals surface area contributed by atoms with Crippen molar-refractivity contribution in [3.63, 3.8) is 0 Å². The largest absolute Gasteiger partial charge is 0.486 e. The fraction of sp³-hybridized carbons (Fsp3) is 0.118. The first-order chi connectivity index (χ1) is 20.5. The van der Waals surface area contributed by atoms with Crippen LogP contribution in [0.2, 0.25) is 5.02 Å². The first-order valence-corrected chi connectivity index (χ1v) is 16.3. The number of allylic oxidation sites excluding steroid dienone is 1. The Balaban J connectivity index is 1.31. The summed E-state index contributed by atoms with van der Waals surface area (Å²) in [6.45, 7) is 0.335. The molecule has 0 bridgehead atoms. The predicted octanol–water partition coefficient (Wildman–Crippen LogP) is 8.08. The standard InChI is InChI=1S/C34H23Br2ClN2O2S/c35-26-16-20(17-27(36)32(26)41-19-23-11-5-7-13-28(23)37)18-29-33(40)39-31(22-9-2-1-3-10-22)25-15-14-21-8-4-6-12-24(21)30(25)38-34(39)42-29/h1-13,16-18,31H,14-15,19H2/b29-18+/t31-/m0/s1. The number of rotatable bonds is 5. The van der Waals surface area contributed by atoms with Crippen LogP contribution in [-0.2, 0) is 13.0 Å². The molecule has 8 heteroatoms. The van der Waals surface area contributed by atoms with Crippen molar-refractivity contribution in [2.75, 3.05) is 0 Å². The predicted molar refractivity (Wildman–Crippen MR) is 177 cm³/mol. The summed E-state index contributed by atoms with van der Waals surface area (Å²) in [5.74, 6) is 0.670. The van der Waals surface area contributed by atoms with Gasteiger partial charge in [-0.3, -0.25) is 9.36 Å². The van der Waals surface area contributed by atoms with Gasteiger partial charge in [0.1, 0.15) is 12.4 Å². The maximum absolute atomic E-state index is 14.0. The van der Waals surface area contributed by atoms with Crippen molar-refractivity contribution in [2.45, 2.75) is 25.5 Å². The summed E-state index contributed by atoms with van der Waals surface area (Å²) in [7, 11) is 0. The molecule has 4 nitrogen and oxygen atoms in total. The molecule has 1 aromatic heterocycles. The second-order valence-electron chi connectivity index (χ2n) is 10.2. The number of halogens is 3. The van der Waals surface area contributed by atoms with Gasteiger partial charge in [-0.05, 0) is 91.2 Å². The number of fused-ring (bicyclic) bond motifs is 3. The minimum atomic E-state index is -0.188. The Hall–Kier alpha value is -3.23. The van der Waals surface area contributed by atoms with Crippen molar-refractivity contribution in [2.24, 2.45) is 4.99 Å². The topological polar surface area (TPSA) is 43.6 Å². The van der Waals surface area contributed by atoms with E-state index in [2.05, 4.69) is 68.3 Å². The first kappa shape index (κ1) is 27.6. The first-order valence-electron chi connectivity index (χ1n) is 13.5. The zero-order chi connectivity index (χ0) is 28.8. The molecule has 0 unspecified atom stereocenters. The molecular weight excluding hydrogens is 696 g/mol. The third-order valence-electron chi connectivity index (χ3n) is 7.64. The molecule has 0 radical (unpaired) electrons. The summed E-state index contributed by atoms with van der Waals surface area (Å²) >= 11 is 15.1. The summed E-state index contributed by atoms with van der Waals surface area (Å²) in [6.07, 6.45) is 3.73. The van der Waals surface area contributed by atoms with Crippen LogP contribution in [0, 0.1) is 0 Å². The highest BCUT2D eigenvalue weighted by Crippen LogP contribution is 2.41. The Kier molecular flexibility index (Phi) is 7.53. The van der Waals surface area contributed by atoms with Gasteiger partial charge in [0, 0.05) is 16.1 Å². The molecule has 0 spiro atoms. The quantitative estimate of drug-likeness (QED) is 0.185. The second kappa shape index (κ2) is 11.5. The second-order valence-corrected chi connectivity index (χ2v) is 13.3. The molecular formula is C34H23Br2ClN2O2S. The lowest BCUT2D eigenvalue weighted by atomic mass is 9.83. The van der Waals surface area contributed by atoms with Crippen LogP contribution in [0.3, 0.4) is 0 Å². The van der Waals surface area contributed by atoms with Gasteiger partial charge in [-0.25, -0.2) is 4.99 Å². The van der Waals surface area contributed by atoms with Crippen LogP contribution in [0.5, 0.6) is 5.75 Å². The molecule has 208 valence electrons. The van der Waals surface area contributed by atoms with Gasteiger partial charge in [-0.1, -0.05) is 95.7 Å². The highest BCUT2D eigenvalue weighted by atomic mass is 79.9. The van der Waals surface area contributed by atoms with E-state index < -0.39 is 0 Å². The number of ether oxygens (including phenoxy) is 1. The van der Waals surface area contributed by atoms with E-state index in [0.717, 1.165) is 49.7 Å². The van der Waals surface area contributed by atoms with Crippen LogP contribution in [0.25, 0.3) is 11.8 Å². The van der Waals surface area contributed by atoms with Crippen LogP contribution in [0.1, 0.15) is 40.3 Å². The van der Waals surface area contributed by atoms with Gasteiger partial charge in [-0.15, -0.1) is 0 Å². The van der Waals surface area contributed by atoms with E-state index in [4.69, 9.17) is 21.3 Å². The summed E-state index contributed by atoms with van der Waals surface area (Å²) in [5.41, 5.74) is 7.50. The molecule has 1 atom stereocenters. The number of hydrogen-bond donors (Lipinski definition) is 0. The minimum Gasteiger partial charge on any atom is -0.486 e. The van der Waals surface area contributed by atoms with E-state index in [-0.39, 0.29) is 11.6 Å². The average Bonchev–Trinajstić information content (AvgIpc) is 3.30. The number of aryl methyl sites for hydroxylation is 1. The summed E-state index contributed by atoms with van der Waals surface area (Å²) < 4.78 is 10.2. The molecule has 2 heterocycles. The molecule has 4 aromatic carbocycles. The van der Waals surface area contributed by atoms with E-state index in [1.54, 1.807) is 0 Å². The summed E-state index contributed by atoms with van der Waals surface area (Å²) in [4.78, 5) is 19.9. The Morgan fingerprint density at radius 2 is 1.67 bits per heavy atom. The third kappa shape index (κ3) is 5.02. The molecule has 0 saturated carbocycles. The molecule has 1 aliphatic carbocycles. The zero-order valence-electron chi connectivity index (χ0n) is 22.2. The SMILES string of the molecule is O=c1/c(=C\c2cc(Br)c(OCc3ccccc3Cl)c(Br)c2)sc2n1[C@@H](c1ccccc1)C1=C(N=2)c2ccccc2CC1. The number of thiazole rings is 1. The number of aromatic nitrogens is 1. The Bertz CT molecular complexity index is 2040. The van der Waals surface area contributed by atoms with Crippen molar-refractivity contribution in [3.05, 3.63) is 158 Å². The van der Waals surface area contributed by atoms with Crippen molar-refractivity contribution >= 4 is 66.6 Å². The van der Waals surface area contributed by atoms with Crippen LogP contribution in [0.15, 0.2) is 115 Å². The zero-order valence-corrected chi connectivity index (χ0v) is 26.9. The van der Waals surface area contributed by atoms with Gasteiger partial charge in [0.25, 0.3) is 5.56 Å². The fourth-order valence-electron chi connectivity index (χ4n) is 5.68. The molecule has 0 N–H and O–H groups in total. The normalized spacial score (nSPS) is 16.0. The van der Waals surface area contributed by atoms with Crippen LogP contribution >= 0.6 is 54.8 Å². The molecule has 0 saturated heterocycles. The Morgan fingerprint density at radius 1 is 0.952 bits per heavy atom. The van der Waals surface area contributed by atoms with Gasteiger partial charge in [0.2, 0.25) is 0 Å². The number of benzene rings is 4. The van der Waals surface area contributed by atoms with Crippen LogP contribution in [-0.4, -0.2) is 4.57 Å². The maximum Gasteiger partial charge on any atom is 0.271 e. The highest BCUT2D eigenvalue weighted by Gasteiger charge is 2.32. The van der Waals surface area contributed by atoms with E-state index in [1.807, 2.05) is 65.2 Å². The molecule has 1 aliphatic heterocycles. The van der Waals surface area contributed by atoms with Crippen molar-refractivity contribution < 1.29 is 4.74 Å². The molecule has 5 aromatic rings. The van der Waals surface area contributed by atoms with Gasteiger partial charge < -0.3 is 4.74 Å². The summed E-state index contributed by atoms with van der Waals surface area (Å²) in [5, 5.41) is 0.663. The molecule has 0 amide bonds. The average molecular weight is 719 g/mol. The highest BCUT2D eigenvalue weighted by molar-refractivity contribution is 9.11. The summed E-state index contributed by atoms with van der Waals surface area (Å²) in [6, 6.07) is 30.1. The lowest BCUT2D eigenvalue weighted by molar-refractivity contribution is 0.302. The third-order valence-corrected chi connectivity index (χ3v) is 10.2. The fourth-order valence-corrected chi connectivity index (χ4v) is 8.32. The smallest absolute Gasteiger partial charge is 0.271 e. The monoisotopic (exact) mass is 716 g/mol. The van der Waals surface area contributed by atoms with Gasteiger partial charge in [0.05, 0.1) is 25.2 Å². The van der Waals surface area contributed by atoms with Crippen molar-refractivity contribution in [3.8, 4) is 5.75 Å². The molecule has 2 aliphatic rings. The minimum absolute atomic E-state index is 0.0377. The molecule has 0 fully saturated rings. The lowest BCUT2D eigenvalue weighted by Crippen LogP contribution is -2.38. The van der Waals surface area contributed by atoms with Gasteiger partial charge in [-0.2, -0.15) is 0 Å². The number of nitrogens with zero attached hydrogens (tertiary/aromatic N) is 2.